The monoisotopic (exact) mass is 262 g/mol. The minimum atomic E-state index is 0.113. The summed E-state index contributed by atoms with van der Waals surface area (Å²) in [6.07, 6.45) is 0.542. The van der Waals surface area contributed by atoms with Crippen LogP contribution in [0.4, 0.5) is 0 Å². The van der Waals surface area contributed by atoms with Crippen molar-refractivity contribution >= 4 is 5.91 Å². The molecule has 0 saturated carbocycles. The average Bonchev–Trinajstić information content (AvgIpc) is 2.38. The first kappa shape index (κ1) is 15.7. The van der Waals surface area contributed by atoms with E-state index in [1.54, 1.807) is 0 Å². The molecule has 0 heterocycles. The zero-order chi connectivity index (χ0) is 14.4. The Morgan fingerprint density at radius 3 is 2.37 bits per heavy atom. The molecule has 0 saturated heterocycles. The first-order valence-electron chi connectivity index (χ1n) is 7.01. The Labute approximate surface area is 117 Å². The van der Waals surface area contributed by atoms with Crippen LogP contribution in [0.25, 0.3) is 0 Å². The molecule has 1 rings (SSSR count). The molecule has 3 heteroatoms. The number of nitrogens with one attached hydrogen (secondary N) is 1. The Morgan fingerprint density at radius 2 is 1.84 bits per heavy atom. The number of amides is 1. The Morgan fingerprint density at radius 1 is 1.26 bits per heavy atom. The standard InChI is InChI=1S/C16H26N2O/c1-6-17-13(3)11-16(19)18(5)14(4)15-9-7-12(2)8-10-15/h7-10,13-14,17H,6,11H2,1-5H3. The summed E-state index contributed by atoms with van der Waals surface area (Å²) >= 11 is 0. The largest absolute Gasteiger partial charge is 0.339 e. The molecule has 0 aliphatic carbocycles. The molecular formula is C16H26N2O. The van der Waals surface area contributed by atoms with Crippen LogP contribution in [0.2, 0.25) is 0 Å². The van der Waals surface area contributed by atoms with Crippen molar-refractivity contribution in [2.24, 2.45) is 0 Å². The van der Waals surface area contributed by atoms with Crippen LogP contribution in [-0.4, -0.2) is 30.4 Å². The van der Waals surface area contributed by atoms with E-state index in [0.29, 0.717) is 6.42 Å². The SMILES string of the molecule is CCNC(C)CC(=O)N(C)C(C)c1ccc(C)cc1. The first-order chi connectivity index (χ1) is 8.95. The molecule has 1 N–H and O–H groups in total. The van der Waals surface area contributed by atoms with Crippen LogP contribution in [0.3, 0.4) is 0 Å². The summed E-state index contributed by atoms with van der Waals surface area (Å²) in [7, 11) is 1.88. The van der Waals surface area contributed by atoms with Gasteiger partial charge in [0.15, 0.2) is 0 Å². The van der Waals surface area contributed by atoms with Gasteiger partial charge < -0.3 is 10.2 Å². The Hall–Kier alpha value is -1.35. The van der Waals surface area contributed by atoms with Crippen molar-refractivity contribution in [2.45, 2.75) is 46.2 Å². The van der Waals surface area contributed by atoms with E-state index in [-0.39, 0.29) is 18.0 Å². The van der Waals surface area contributed by atoms with Gasteiger partial charge in [-0.1, -0.05) is 36.8 Å². The zero-order valence-electron chi connectivity index (χ0n) is 12.7. The van der Waals surface area contributed by atoms with Crippen molar-refractivity contribution in [3.8, 4) is 0 Å². The van der Waals surface area contributed by atoms with Crippen LogP contribution in [0.1, 0.15) is 44.4 Å². The lowest BCUT2D eigenvalue weighted by molar-refractivity contribution is -0.132. The number of benzene rings is 1. The molecule has 2 unspecified atom stereocenters. The smallest absolute Gasteiger partial charge is 0.224 e. The van der Waals surface area contributed by atoms with E-state index in [2.05, 4.69) is 50.4 Å². The summed E-state index contributed by atoms with van der Waals surface area (Å²) in [5.41, 5.74) is 2.42. The molecule has 1 aromatic carbocycles. The van der Waals surface area contributed by atoms with E-state index in [4.69, 9.17) is 0 Å². The molecule has 0 aromatic heterocycles. The number of aryl methyl sites for hydroxylation is 1. The van der Waals surface area contributed by atoms with E-state index in [0.717, 1.165) is 6.54 Å². The number of nitrogens with zero attached hydrogens (tertiary/aromatic N) is 1. The second-order valence-corrected chi connectivity index (χ2v) is 5.25. The van der Waals surface area contributed by atoms with Gasteiger partial charge in [-0.05, 0) is 32.9 Å². The Bertz CT molecular complexity index is 400. The maximum atomic E-state index is 12.2. The zero-order valence-corrected chi connectivity index (χ0v) is 12.7. The predicted octanol–water partition coefficient (Wildman–Crippen LogP) is 2.90. The molecule has 1 amide bonds. The van der Waals surface area contributed by atoms with Gasteiger partial charge in [0.1, 0.15) is 0 Å². The topological polar surface area (TPSA) is 32.3 Å². The van der Waals surface area contributed by atoms with Crippen LogP contribution in [-0.2, 0) is 4.79 Å². The molecule has 0 aliphatic heterocycles. The summed E-state index contributed by atoms with van der Waals surface area (Å²) in [6.45, 7) is 9.14. The third-order valence-corrected chi connectivity index (χ3v) is 3.57. The number of carbonyl (C=O) groups excluding carboxylic acids is 1. The highest BCUT2D eigenvalue weighted by Gasteiger charge is 2.18. The number of hydrogen-bond donors (Lipinski definition) is 1. The van der Waals surface area contributed by atoms with Crippen LogP contribution in [0, 0.1) is 6.92 Å². The summed E-state index contributed by atoms with van der Waals surface area (Å²) in [5.74, 6) is 0.182. The van der Waals surface area contributed by atoms with Crippen LogP contribution >= 0.6 is 0 Å². The van der Waals surface area contributed by atoms with Gasteiger partial charge in [-0.15, -0.1) is 0 Å². The van der Waals surface area contributed by atoms with E-state index in [1.807, 2.05) is 18.9 Å². The van der Waals surface area contributed by atoms with Crippen molar-refractivity contribution in [1.29, 1.82) is 0 Å². The third kappa shape index (κ3) is 4.67. The summed E-state index contributed by atoms with van der Waals surface area (Å²) in [6, 6.07) is 8.71. The number of carbonyl (C=O) groups is 1. The van der Waals surface area contributed by atoms with Crippen LogP contribution < -0.4 is 5.32 Å². The van der Waals surface area contributed by atoms with Gasteiger partial charge in [0.05, 0.1) is 6.04 Å². The number of rotatable bonds is 6. The second-order valence-electron chi connectivity index (χ2n) is 5.25. The number of hydrogen-bond acceptors (Lipinski definition) is 2. The molecule has 0 radical (unpaired) electrons. The van der Waals surface area contributed by atoms with E-state index < -0.39 is 0 Å². The maximum Gasteiger partial charge on any atom is 0.224 e. The Kier molecular flexibility index (Phi) is 6.03. The third-order valence-electron chi connectivity index (χ3n) is 3.57. The molecule has 106 valence electrons. The molecule has 0 aliphatic rings. The summed E-state index contributed by atoms with van der Waals surface area (Å²) < 4.78 is 0. The fraction of sp³-hybridized carbons (Fsp3) is 0.562. The van der Waals surface area contributed by atoms with Gasteiger partial charge in [-0.2, -0.15) is 0 Å². The fourth-order valence-electron chi connectivity index (χ4n) is 2.11. The minimum Gasteiger partial charge on any atom is -0.339 e. The summed E-state index contributed by atoms with van der Waals surface area (Å²) in [4.78, 5) is 14.0. The van der Waals surface area contributed by atoms with Gasteiger partial charge >= 0.3 is 0 Å². The normalized spacial score (nSPS) is 13.9. The highest BCUT2D eigenvalue weighted by atomic mass is 16.2. The van der Waals surface area contributed by atoms with Crippen molar-refractivity contribution in [3.05, 3.63) is 35.4 Å². The highest BCUT2D eigenvalue weighted by Crippen LogP contribution is 2.20. The highest BCUT2D eigenvalue weighted by molar-refractivity contribution is 5.77. The van der Waals surface area contributed by atoms with E-state index >= 15 is 0 Å². The van der Waals surface area contributed by atoms with Gasteiger partial charge in [-0.25, -0.2) is 0 Å². The Balaban J connectivity index is 2.63. The lowest BCUT2D eigenvalue weighted by atomic mass is 10.0. The summed E-state index contributed by atoms with van der Waals surface area (Å²) in [5, 5.41) is 3.27. The van der Waals surface area contributed by atoms with E-state index in [9.17, 15) is 4.79 Å². The second kappa shape index (κ2) is 7.29. The van der Waals surface area contributed by atoms with Gasteiger partial charge in [0, 0.05) is 19.5 Å². The average molecular weight is 262 g/mol. The minimum absolute atomic E-state index is 0.113. The van der Waals surface area contributed by atoms with Gasteiger partial charge in [0.25, 0.3) is 0 Å². The quantitative estimate of drug-likeness (QED) is 0.855. The van der Waals surface area contributed by atoms with E-state index in [1.165, 1.54) is 11.1 Å². The molecule has 2 atom stereocenters. The molecule has 3 nitrogen and oxygen atoms in total. The van der Waals surface area contributed by atoms with Crippen LogP contribution in [0.5, 0.6) is 0 Å². The molecule has 0 fully saturated rings. The lowest BCUT2D eigenvalue weighted by Gasteiger charge is -2.27. The van der Waals surface area contributed by atoms with Crippen molar-refractivity contribution in [3.63, 3.8) is 0 Å². The van der Waals surface area contributed by atoms with Gasteiger partial charge in [0.2, 0.25) is 5.91 Å². The van der Waals surface area contributed by atoms with Crippen molar-refractivity contribution < 1.29 is 4.79 Å². The van der Waals surface area contributed by atoms with Crippen molar-refractivity contribution in [1.82, 2.24) is 10.2 Å². The molecule has 19 heavy (non-hydrogen) atoms. The molecule has 0 bridgehead atoms. The molecular weight excluding hydrogens is 236 g/mol. The van der Waals surface area contributed by atoms with Crippen molar-refractivity contribution in [2.75, 3.05) is 13.6 Å². The first-order valence-corrected chi connectivity index (χ1v) is 7.01. The molecule has 1 aromatic rings. The van der Waals surface area contributed by atoms with Gasteiger partial charge in [-0.3, -0.25) is 4.79 Å². The van der Waals surface area contributed by atoms with Crippen LogP contribution in [0.15, 0.2) is 24.3 Å². The predicted molar refractivity (Wildman–Crippen MR) is 80.1 cm³/mol. The fourth-order valence-corrected chi connectivity index (χ4v) is 2.11. The maximum absolute atomic E-state index is 12.2. The molecule has 0 spiro atoms. The lowest BCUT2D eigenvalue weighted by Crippen LogP contribution is -2.36.